The number of rotatable bonds is 6. The Morgan fingerprint density at radius 2 is 0.742 bits per heavy atom. The molecule has 8 atom stereocenters. The fourth-order valence-electron chi connectivity index (χ4n) is 11.5. The molecule has 4 fully saturated rings. The Kier molecular flexibility index (Phi) is 7.42. The number of carbonyl (C=O) groups is 4. The summed E-state index contributed by atoms with van der Waals surface area (Å²) in [5.41, 5.74) is 7.24. The quantitative estimate of drug-likeness (QED) is 0.121. The molecule has 4 heterocycles. The minimum atomic E-state index is -0.284. The van der Waals surface area contributed by atoms with E-state index in [0.717, 1.165) is 45.9 Å². The van der Waals surface area contributed by atoms with E-state index in [2.05, 4.69) is 24.3 Å². The molecule has 13 rings (SSSR count). The maximum Gasteiger partial charge on any atom is 0.238 e. The van der Waals surface area contributed by atoms with Gasteiger partial charge in [0.05, 0.1) is 57.5 Å². The lowest BCUT2D eigenvalue weighted by Crippen LogP contribution is -2.32. The molecule has 2 aromatic heterocycles. The van der Waals surface area contributed by atoms with E-state index in [0.29, 0.717) is 45.4 Å². The standard InChI is InChI=1S/C52H36N6O4/c59-49-41-31-15-16-32(23-31)42(41)50(60)57(49)35-19-21-39-37(25-35)45(27-7-3-1-4-8-27)55-47(53-39)29-11-13-30(14-12-29)48-54-40-22-20-36(26-38(40)46(56-48)28-9-5-2-6-10-28)58-51(61)43-33-17-18-34(24-33)44(43)52(58)62/h1-22,25-26,31-34,41-44H,23-24H2/t31-,32-,33-,34-,41-,42+,43+,44+/m0/s1. The van der Waals surface area contributed by atoms with Gasteiger partial charge in [-0.3, -0.25) is 19.2 Å². The maximum absolute atomic E-state index is 13.7. The highest BCUT2D eigenvalue weighted by atomic mass is 16.2. The summed E-state index contributed by atoms with van der Waals surface area (Å²) in [4.78, 5) is 78.0. The number of hydrogen-bond donors (Lipinski definition) is 0. The number of anilines is 2. The van der Waals surface area contributed by atoms with Crippen molar-refractivity contribution in [2.45, 2.75) is 12.8 Å². The lowest BCUT2D eigenvalue weighted by molar-refractivity contribution is -0.124. The molecule has 298 valence electrons. The number of carbonyl (C=O) groups excluding carboxylic acids is 4. The molecule has 6 aliphatic rings. The summed E-state index contributed by atoms with van der Waals surface area (Å²) in [7, 11) is 0. The van der Waals surface area contributed by atoms with Crippen LogP contribution < -0.4 is 9.80 Å². The molecule has 0 radical (unpaired) electrons. The van der Waals surface area contributed by atoms with E-state index in [1.807, 2.05) is 121 Å². The van der Waals surface area contributed by atoms with Crippen LogP contribution in [0.3, 0.4) is 0 Å². The van der Waals surface area contributed by atoms with Gasteiger partial charge in [0, 0.05) is 33.0 Å². The van der Waals surface area contributed by atoms with Crippen LogP contribution in [-0.4, -0.2) is 43.6 Å². The zero-order chi connectivity index (χ0) is 41.4. The Morgan fingerprint density at radius 3 is 1.10 bits per heavy atom. The monoisotopic (exact) mass is 808 g/mol. The molecule has 0 N–H and O–H groups in total. The van der Waals surface area contributed by atoms with Crippen LogP contribution in [0.2, 0.25) is 0 Å². The Hall–Kier alpha value is -7.46. The molecule has 2 saturated heterocycles. The molecular formula is C52H36N6O4. The van der Waals surface area contributed by atoms with E-state index in [1.54, 1.807) is 0 Å². The smallest absolute Gasteiger partial charge is 0.238 e. The van der Waals surface area contributed by atoms with Gasteiger partial charge < -0.3 is 0 Å². The zero-order valence-electron chi connectivity index (χ0n) is 33.2. The molecule has 2 saturated carbocycles. The summed E-state index contributed by atoms with van der Waals surface area (Å²) >= 11 is 0. The average molecular weight is 809 g/mol. The molecule has 4 bridgehead atoms. The van der Waals surface area contributed by atoms with Gasteiger partial charge in [-0.2, -0.15) is 0 Å². The Labute approximate surface area is 355 Å². The zero-order valence-corrected chi connectivity index (χ0v) is 33.2. The topological polar surface area (TPSA) is 126 Å². The van der Waals surface area contributed by atoms with Crippen LogP contribution in [0.1, 0.15) is 12.8 Å². The first kappa shape index (κ1) is 35.3. The van der Waals surface area contributed by atoms with Gasteiger partial charge in [0.2, 0.25) is 23.6 Å². The predicted octanol–water partition coefficient (Wildman–Crippen LogP) is 8.86. The van der Waals surface area contributed by atoms with Crippen LogP contribution in [-0.2, 0) is 19.2 Å². The van der Waals surface area contributed by atoms with E-state index >= 15 is 0 Å². The normalized spacial score (nSPS) is 26.5. The molecule has 0 spiro atoms. The van der Waals surface area contributed by atoms with Crippen molar-refractivity contribution in [1.29, 1.82) is 0 Å². The Balaban J connectivity index is 0.861. The summed E-state index contributed by atoms with van der Waals surface area (Å²) in [5, 5.41) is 1.50. The number of allylic oxidation sites excluding steroid dienone is 4. The van der Waals surface area contributed by atoms with Crippen LogP contribution in [0.5, 0.6) is 0 Å². The van der Waals surface area contributed by atoms with Crippen molar-refractivity contribution in [1.82, 2.24) is 19.9 Å². The second kappa shape index (κ2) is 13.0. The molecular weight excluding hydrogens is 773 g/mol. The SMILES string of the molecule is O=C1[C@@H]2[C@H](C(=O)N1c1ccc3nc(-c4ccc(-c5nc(-c6ccccc6)c6cc(N7C(=O)[C@H]8[C@H](C7=O)[C@H]7C=C[C@H]8C7)ccc6n5)cc4)nc(-c4ccccc4)c3c1)[C@H]1C=C[C@H]2C1. The highest BCUT2D eigenvalue weighted by molar-refractivity contribution is 6.24. The number of amides is 4. The summed E-state index contributed by atoms with van der Waals surface area (Å²) < 4.78 is 0. The summed E-state index contributed by atoms with van der Waals surface area (Å²) in [6.45, 7) is 0. The van der Waals surface area contributed by atoms with Gasteiger partial charge in [0.15, 0.2) is 11.6 Å². The number of nitrogens with zero attached hydrogens (tertiary/aromatic N) is 6. The fraction of sp³-hybridized carbons (Fsp3) is 0.192. The summed E-state index contributed by atoms with van der Waals surface area (Å²) in [6, 6.07) is 38.8. The average Bonchev–Trinajstić information content (AvgIpc) is 4.19. The summed E-state index contributed by atoms with van der Waals surface area (Å²) in [5.74, 6) is -0.0423. The molecule has 4 amide bonds. The number of aromatic nitrogens is 4. The van der Waals surface area contributed by atoms with Gasteiger partial charge in [-0.05, 0) is 72.9 Å². The van der Waals surface area contributed by atoms with Crippen molar-refractivity contribution < 1.29 is 19.2 Å². The van der Waals surface area contributed by atoms with E-state index < -0.39 is 0 Å². The van der Waals surface area contributed by atoms with Gasteiger partial charge in [0.1, 0.15) is 0 Å². The highest BCUT2D eigenvalue weighted by Gasteiger charge is 2.60. The van der Waals surface area contributed by atoms with Crippen LogP contribution in [0.4, 0.5) is 11.4 Å². The van der Waals surface area contributed by atoms with Gasteiger partial charge in [0.25, 0.3) is 0 Å². The lowest BCUT2D eigenvalue weighted by atomic mass is 9.85. The second-order valence-electron chi connectivity index (χ2n) is 17.5. The largest absolute Gasteiger partial charge is 0.274 e. The minimum absolute atomic E-state index is 0.118. The minimum Gasteiger partial charge on any atom is -0.274 e. The molecule has 2 aliphatic heterocycles. The predicted molar refractivity (Wildman–Crippen MR) is 235 cm³/mol. The Bertz CT molecular complexity index is 2910. The summed E-state index contributed by atoms with van der Waals surface area (Å²) in [6.07, 6.45) is 10.2. The molecule has 0 unspecified atom stereocenters. The van der Waals surface area contributed by atoms with Gasteiger partial charge in [-0.15, -0.1) is 0 Å². The maximum atomic E-state index is 13.7. The first-order valence-electron chi connectivity index (χ1n) is 21.4. The molecule has 10 heteroatoms. The first-order valence-corrected chi connectivity index (χ1v) is 21.4. The van der Waals surface area contributed by atoms with Crippen LogP contribution in [0, 0.1) is 47.3 Å². The number of hydrogen-bond acceptors (Lipinski definition) is 8. The fourth-order valence-corrected chi connectivity index (χ4v) is 11.5. The number of benzene rings is 5. The van der Waals surface area contributed by atoms with E-state index in [4.69, 9.17) is 19.9 Å². The number of imide groups is 2. The van der Waals surface area contributed by atoms with Crippen molar-refractivity contribution in [3.05, 3.63) is 146 Å². The lowest BCUT2D eigenvalue weighted by Gasteiger charge is -2.19. The second-order valence-corrected chi connectivity index (χ2v) is 17.5. The van der Waals surface area contributed by atoms with E-state index in [9.17, 15) is 19.2 Å². The Morgan fingerprint density at radius 1 is 0.387 bits per heavy atom. The molecule has 7 aromatic rings. The molecule has 10 nitrogen and oxygen atoms in total. The van der Waals surface area contributed by atoms with Gasteiger partial charge >= 0.3 is 0 Å². The van der Waals surface area contributed by atoms with E-state index in [1.165, 1.54) is 9.80 Å². The van der Waals surface area contributed by atoms with Gasteiger partial charge in [-0.1, -0.05) is 109 Å². The molecule has 5 aromatic carbocycles. The third kappa shape index (κ3) is 5.03. The van der Waals surface area contributed by atoms with Crippen molar-refractivity contribution in [3.8, 4) is 45.3 Å². The van der Waals surface area contributed by atoms with Crippen molar-refractivity contribution >= 4 is 56.8 Å². The molecule has 62 heavy (non-hydrogen) atoms. The van der Waals surface area contributed by atoms with Crippen LogP contribution >= 0.6 is 0 Å². The van der Waals surface area contributed by atoms with Crippen molar-refractivity contribution in [3.63, 3.8) is 0 Å². The highest BCUT2D eigenvalue weighted by Crippen LogP contribution is 2.55. The van der Waals surface area contributed by atoms with Crippen LogP contribution in [0.15, 0.2) is 146 Å². The van der Waals surface area contributed by atoms with E-state index in [-0.39, 0.29) is 71.0 Å². The van der Waals surface area contributed by atoms with Crippen molar-refractivity contribution in [2.75, 3.05) is 9.80 Å². The third-order valence-electron chi connectivity index (χ3n) is 14.3. The number of fused-ring (bicyclic) bond motifs is 12. The third-order valence-corrected chi connectivity index (χ3v) is 14.3. The van der Waals surface area contributed by atoms with Gasteiger partial charge in [-0.25, -0.2) is 29.7 Å². The molecule has 4 aliphatic carbocycles. The van der Waals surface area contributed by atoms with Crippen LogP contribution in [0.25, 0.3) is 67.1 Å². The first-order chi connectivity index (χ1) is 30.4. The van der Waals surface area contributed by atoms with Crippen molar-refractivity contribution in [2.24, 2.45) is 47.3 Å².